The number of aromatic carboxylic acids is 1. The van der Waals surface area contributed by atoms with Gasteiger partial charge in [0.25, 0.3) is 0 Å². The Hall–Kier alpha value is -3.60. The molecule has 0 radical (unpaired) electrons. The number of hydrogen-bond acceptors (Lipinski definition) is 3. The summed E-state index contributed by atoms with van der Waals surface area (Å²) in [5.41, 5.74) is 3.96. The highest BCUT2D eigenvalue weighted by molar-refractivity contribution is 5.88. The van der Waals surface area contributed by atoms with Crippen LogP contribution in [-0.2, 0) is 17.9 Å². The molecule has 0 heterocycles. The van der Waals surface area contributed by atoms with Gasteiger partial charge in [-0.05, 0) is 40.5 Å². The lowest BCUT2D eigenvalue weighted by Crippen LogP contribution is -2.23. The van der Waals surface area contributed by atoms with Gasteiger partial charge in [-0.3, -0.25) is 0 Å². The number of amides is 1. The number of nitrogens with one attached hydrogen (secondary N) is 1. The molecular formula is C22H19NO4. The van der Waals surface area contributed by atoms with Crippen LogP contribution in [0.15, 0.2) is 78.9 Å². The summed E-state index contributed by atoms with van der Waals surface area (Å²) in [7, 11) is 0. The van der Waals surface area contributed by atoms with Crippen molar-refractivity contribution in [2.24, 2.45) is 0 Å². The van der Waals surface area contributed by atoms with Gasteiger partial charge in [-0.15, -0.1) is 0 Å². The Kier molecular flexibility index (Phi) is 5.84. The molecule has 0 saturated heterocycles. The minimum Gasteiger partial charge on any atom is -0.478 e. The highest BCUT2D eigenvalue weighted by atomic mass is 16.5. The Labute approximate surface area is 157 Å². The number of alkyl carbamates (subject to hydrolysis) is 1. The maximum Gasteiger partial charge on any atom is 0.407 e. The summed E-state index contributed by atoms with van der Waals surface area (Å²) in [6, 6.07) is 23.9. The summed E-state index contributed by atoms with van der Waals surface area (Å²) in [6.07, 6.45) is -0.477. The van der Waals surface area contributed by atoms with Crippen LogP contribution >= 0.6 is 0 Å². The number of benzene rings is 3. The summed E-state index contributed by atoms with van der Waals surface area (Å²) < 4.78 is 5.19. The second-order valence-electron chi connectivity index (χ2n) is 6.00. The third kappa shape index (κ3) is 5.19. The maximum absolute atomic E-state index is 11.9. The van der Waals surface area contributed by atoms with Gasteiger partial charge in [0.1, 0.15) is 6.61 Å². The van der Waals surface area contributed by atoms with E-state index in [0.717, 1.165) is 22.3 Å². The molecule has 136 valence electrons. The molecule has 3 aromatic carbocycles. The van der Waals surface area contributed by atoms with E-state index in [9.17, 15) is 9.59 Å². The van der Waals surface area contributed by atoms with Gasteiger partial charge in [-0.2, -0.15) is 0 Å². The summed E-state index contributed by atoms with van der Waals surface area (Å²) in [5.74, 6) is -0.950. The van der Waals surface area contributed by atoms with Crippen molar-refractivity contribution in [2.75, 3.05) is 0 Å². The van der Waals surface area contributed by atoms with Crippen molar-refractivity contribution >= 4 is 12.1 Å². The van der Waals surface area contributed by atoms with Crippen LogP contribution in [0.3, 0.4) is 0 Å². The van der Waals surface area contributed by atoms with Crippen LogP contribution < -0.4 is 5.32 Å². The molecule has 0 spiro atoms. The van der Waals surface area contributed by atoms with E-state index in [1.54, 1.807) is 24.3 Å². The molecule has 0 aliphatic rings. The van der Waals surface area contributed by atoms with Gasteiger partial charge in [-0.25, -0.2) is 9.59 Å². The van der Waals surface area contributed by atoms with Crippen LogP contribution in [0.4, 0.5) is 4.79 Å². The summed E-state index contributed by atoms with van der Waals surface area (Å²) in [6.45, 7) is 0.567. The molecule has 5 heteroatoms. The zero-order valence-corrected chi connectivity index (χ0v) is 14.6. The lowest BCUT2D eigenvalue weighted by Gasteiger charge is -2.09. The standard InChI is InChI=1S/C22H19NO4/c24-21(25)19-11-9-18(10-12-19)20-8-4-7-17(13-20)14-23-22(26)27-15-16-5-2-1-3-6-16/h1-13H,14-15H2,(H,23,26)(H,24,25). The minimum absolute atomic E-state index is 0.225. The highest BCUT2D eigenvalue weighted by Gasteiger charge is 2.06. The Balaban J connectivity index is 1.57. The maximum atomic E-state index is 11.9. The van der Waals surface area contributed by atoms with E-state index in [2.05, 4.69) is 5.32 Å². The van der Waals surface area contributed by atoms with Crippen LogP contribution in [0.1, 0.15) is 21.5 Å². The monoisotopic (exact) mass is 361 g/mol. The van der Waals surface area contributed by atoms with Gasteiger partial charge in [0.05, 0.1) is 5.56 Å². The van der Waals surface area contributed by atoms with Crippen molar-refractivity contribution in [1.29, 1.82) is 0 Å². The quantitative estimate of drug-likeness (QED) is 0.679. The van der Waals surface area contributed by atoms with Crippen LogP contribution in [0.2, 0.25) is 0 Å². The first-order valence-corrected chi connectivity index (χ1v) is 8.49. The van der Waals surface area contributed by atoms with Crippen molar-refractivity contribution in [3.8, 4) is 11.1 Å². The number of hydrogen-bond donors (Lipinski definition) is 2. The molecule has 0 saturated carbocycles. The summed E-state index contributed by atoms with van der Waals surface area (Å²) in [4.78, 5) is 22.8. The lowest BCUT2D eigenvalue weighted by atomic mass is 10.0. The van der Waals surface area contributed by atoms with Crippen LogP contribution in [0.5, 0.6) is 0 Å². The fourth-order valence-electron chi connectivity index (χ4n) is 2.61. The molecule has 2 N–H and O–H groups in total. The first kappa shape index (κ1) is 18.2. The average molecular weight is 361 g/mol. The van der Waals surface area contributed by atoms with Crippen molar-refractivity contribution in [3.63, 3.8) is 0 Å². The van der Waals surface area contributed by atoms with E-state index in [0.29, 0.717) is 6.54 Å². The molecule has 27 heavy (non-hydrogen) atoms. The molecule has 1 amide bonds. The Bertz CT molecular complexity index is 921. The lowest BCUT2D eigenvalue weighted by molar-refractivity contribution is 0.0697. The van der Waals surface area contributed by atoms with Crippen molar-refractivity contribution in [3.05, 3.63) is 95.6 Å². The second-order valence-corrected chi connectivity index (χ2v) is 6.00. The second kappa shape index (κ2) is 8.67. The Morgan fingerprint density at radius 3 is 2.22 bits per heavy atom. The van der Waals surface area contributed by atoms with Gasteiger partial charge in [0.2, 0.25) is 0 Å². The zero-order valence-electron chi connectivity index (χ0n) is 14.6. The Morgan fingerprint density at radius 1 is 0.815 bits per heavy atom. The zero-order chi connectivity index (χ0) is 19.1. The van der Waals surface area contributed by atoms with Gasteiger partial charge in [0.15, 0.2) is 0 Å². The van der Waals surface area contributed by atoms with E-state index >= 15 is 0 Å². The van der Waals surface area contributed by atoms with E-state index in [-0.39, 0.29) is 12.2 Å². The van der Waals surface area contributed by atoms with Gasteiger partial charge >= 0.3 is 12.1 Å². The van der Waals surface area contributed by atoms with Gasteiger partial charge in [0, 0.05) is 6.54 Å². The number of carbonyl (C=O) groups is 2. The molecule has 5 nitrogen and oxygen atoms in total. The van der Waals surface area contributed by atoms with Crippen molar-refractivity contribution in [1.82, 2.24) is 5.32 Å². The fourth-order valence-corrected chi connectivity index (χ4v) is 2.61. The average Bonchev–Trinajstić information content (AvgIpc) is 2.72. The normalized spacial score (nSPS) is 10.2. The Morgan fingerprint density at radius 2 is 1.52 bits per heavy atom. The largest absolute Gasteiger partial charge is 0.478 e. The SMILES string of the molecule is O=C(NCc1cccc(-c2ccc(C(=O)O)cc2)c1)OCc1ccccc1. The van der Waals surface area contributed by atoms with Gasteiger partial charge in [-0.1, -0.05) is 60.7 Å². The predicted octanol–water partition coefficient (Wildman–Crippen LogP) is 4.48. The van der Waals surface area contributed by atoms with E-state index in [4.69, 9.17) is 9.84 Å². The van der Waals surface area contributed by atoms with E-state index < -0.39 is 12.1 Å². The number of ether oxygens (including phenoxy) is 1. The van der Waals surface area contributed by atoms with Crippen molar-refractivity contribution in [2.45, 2.75) is 13.2 Å². The molecule has 3 aromatic rings. The number of carboxylic acids is 1. The number of carboxylic acid groups (broad SMARTS) is 1. The van der Waals surface area contributed by atoms with Gasteiger partial charge < -0.3 is 15.2 Å². The molecule has 0 bridgehead atoms. The molecular weight excluding hydrogens is 342 g/mol. The van der Waals surface area contributed by atoms with Crippen LogP contribution in [0, 0.1) is 0 Å². The minimum atomic E-state index is -0.950. The number of carbonyl (C=O) groups excluding carboxylic acids is 1. The van der Waals surface area contributed by atoms with E-state index in [1.807, 2.05) is 54.6 Å². The molecule has 3 rings (SSSR count). The third-order valence-electron chi connectivity index (χ3n) is 4.04. The molecule has 0 aromatic heterocycles. The fraction of sp³-hybridized carbons (Fsp3) is 0.0909. The molecule has 0 unspecified atom stereocenters. The predicted molar refractivity (Wildman–Crippen MR) is 102 cm³/mol. The summed E-state index contributed by atoms with van der Waals surface area (Å²) >= 11 is 0. The van der Waals surface area contributed by atoms with Crippen LogP contribution in [-0.4, -0.2) is 17.2 Å². The number of rotatable bonds is 6. The molecule has 0 aliphatic heterocycles. The third-order valence-corrected chi connectivity index (χ3v) is 4.04. The smallest absolute Gasteiger partial charge is 0.407 e. The first-order valence-electron chi connectivity index (χ1n) is 8.49. The van der Waals surface area contributed by atoms with Crippen LogP contribution in [0.25, 0.3) is 11.1 Å². The topological polar surface area (TPSA) is 75.6 Å². The molecule has 0 atom stereocenters. The first-order chi connectivity index (χ1) is 13.1. The van der Waals surface area contributed by atoms with E-state index in [1.165, 1.54) is 0 Å². The molecule has 0 fully saturated rings. The summed E-state index contributed by atoms with van der Waals surface area (Å²) in [5, 5.41) is 11.7. The van der Waals surface area contributed by atoms with Crippen molar-refractivity contribution < 1.29 is 19.4 Å². The highest BCUT2D eigenvalue weighted by Crippen LogP contribution is 2.21. The molecule has 0 aliphatic carbocycles.